The number of rotatable bonds is 9. The molecule has 0 bridgehead atoms. The normalized spacial score (nSPS) is 14.3. The molecular weight excluding hydrogens is 264 g/mol. The molecule has 0 spiro atoms. The largest absolute Gasteiger partial charge is 0.480 e. The second-order valence-electron chi connectivity index (χ2n) is 4.43. The lowest BCUT2D eigenvalue weighted by molar-refractivity contribution is -0.145. The Balaban J connectivity index is 2.42. The van der Waals surface area contributed by atoms with Crippen molar-refractivity contribution in [3.8, 4) is 0 Å². The van der Waals surface area contributed by atoms with Gasteiger partial charge >= 0.3 is 5.97 Å². The third-order valence-corrected chi connectivity index (χ3v) is 4.02. The molecule has 108 valence electrons. The summed E-state index contributed by atoms with van der Waals surface area (Å²) in [7, 11) is 0. The number of hydrogen-bond donors (Lipinski definition) is 3. The zero-order valence-corrected chi connectivity index (χ0v) is 12.5. The van der Waals surface area contributed by atoms with Crippen LogP contribution in [0.5, 0.6) is 0 Å². The summed E-state index contributed by atoms with van der Waals surface area (Å²) >= 11 is 1.55. The van der Waals surface area contributed by atoms with Crippen molar-refractivity contribution in [3.05, 3.63) is 5.82 Å². The Hall–Kier alpha value is -1.08. The van der Waals surface area contributed by atoms with Crippen molar-refractivity contribution in [1.29, 1.82) is 0 Å². The summed E-state index contributed by atoms with van der Waals surface area (Å²) in [5, 5.41) is 20.0. The van der Waals surface area contributed by atoms with E-state index in [1.54, 1.807) is 11.8 Å². The van der Waals surface area contributed by atoms with Gasteiger partial charge in [0.25, 0.3) is 0 Å². The Kier molecular flexibility index (Phi) is 6.30. The maximum Gasteiger partial charge on any atom is 0.323 e. The van der Waals surface area contributed by atoms with E-state index in [1.807, 2.05) is 20.8 Å². The van der Waals surface area contributed by atoms with Crippen LogP contribution in [0.2, 0.25) is 0 Å². The molecule has 1 rings (SSSR count). The quantitative estimate of drug-likeness (QED) is 0.474. The highest BCUT2D eigenvalue weighted by Crippen LogP contribution is 2.21. The number of carbonyl (C=O) groups is 1. The molecule has 0 aliphatic rings. The van der Waals surface area contributed by atoms with Gasteiger partial charge in [-0.05, 0) is 32.7 Å². The van der Waals surface area contributed by atoms with Crippen molar-refractivity contribution in [1.82, 2.24) is 20.5 Å². The number of H-pyrrole nitrogens is 1. The highest BCUT2D eigenvalue weighted by atomic mass is 32.2. The zero-order chi connectivity index (χ0) is 14.3. The summed E-state index contributed by atoms with van der Waals surface area (Å²) in [6.45, 7) is 6.35. The molecule has 0 radical (unpaired) electrons. The molecule has 7 heteroatoms. The minimum atomic E-state index is -0.801. The molecule has 0 aliphatic carbocycles. The minimum absolute atomic E-state index is 0.584. The summed E-state index contributed by atoms with van der Waals surface area (Å²) in [5.74, 6) is 0.844. The Morgan fingerprint density at radius 3 is 2.74 bits per heavy atom. The van der Waals surface area contributed by atoms with E-state index >= 15 is 0 Å². The number of aliphatic carboxylic acids is 1. The lowest BCUT2D eigenvalue weighted by Crippen LogP contribution is -2.51. The van der Waals surface area contributed by atoms with Gasteiger partial charge in [-0.25, -0.2) is 4.98 Å². The zero-order valence-electron chi connectivity index (χ0n) is 11.7. The number of carboxylic acids is 1. The molecule has 1 aromatic heterocycles. The number of aromatic amines is 1. The first-order valence-electron chi connectivity index (χ1n) is 6.54. The molecule has 0 aliphatic heterocycles. The Morgan fingerprint density at radius 2 is 2.26 bits per heavy atom. The number of hydrogen-bond acceptors (Lipinski definition) is 5. The summed E-state index contributed by atoms with van der Waals surface area (Å²) in [6, 6.07) is 0. The summed E-state index contributed by atoms with van der Waals surface area (Å²) in [4.78, 5) is 15.6. The molecule has 3 N–H and O–H groups in total. The van der Waals surface area contributed by atoms with Gasteiger partial charge in [0, 0.05) is 5.75 Å². The molecule has 0 saturated heterocycles. The first-order valence-corrected chi connectivity index (χ1v) is 7.53. The molecule has 19 heavy (non-hydrogen) atoms. The molecule has 0 amide bonds. The molecule has 0 fully saturated rings. The molecular formula is C12H22N4O2S. The number of carboxylic acid groups (broad SMARTS) is 1. The van der Waals surface area contributed by atoms with Crippen LogP contribution in [-0.2, 0) is 4.79 Å². The second kappa shape index (κ2) is 7.49. The van der Waals surface area contributed by atoms with Gasteiger partial charge in [-0.1, -0.05) is 25.6 Å². The molecule has 1 heterocycles. The van der Waals surface area contributed by atoms with Crippen LogP contribution in [-0.4, -0.2) is 44.1 Å². The van der Waals surface area contributed by atoms with Crippen LogP contribution in [0.15, 0.2) is 5.16 Å². The van der Waals surface area contributed by atoms with Crippen molar-refractivity contribution >= 4 is 17.7 Å². The van der Waals surface area contributed by atoms with Crippen LogP contribution < -0.4 is 5.32 Å². The van der Waals surface area contributed by atoms with E-state index in [1.165, 1.54) is 0 Å². The van der Waals surface area contributed by atoms with Crippen LogP contribution in [0.3, 0.4) is 0 Å². The maximum atomic E-state index is 11.4. The lowest BCUT2D eigenvalue weighted by atomic mass is 9.91. The monoisotopic (exact) mass is 286 g/mol. The van der Waals surface area contributed by atoms with E-state index in [0.717, 1.165) is 23.2 Å². The highest BCUT2D eigenvalue weighted by Gasteiger charge is 2.34. The lowest BCUT2D eigenvalue weighted by Gasteiger charge is -2.29. The number of aryl methyl sites for hydroxylation is 1. The Morgan fingerprint density at radius 1 is 1.53 bits per heavy atom. The fourth-order valence-electron chi connectivity index (χ4n) is 1.99. The molecule has 1 atom stereocenters. The number of aromatic nitrogens is 3. The predicted octanol–water partition coefficient (Wildman–Crippen LogP) is 1.83. The van der Waals surface area contributed by atoms with Crippen LogP contribution in [0.25, 0.3) is 0 Å². The number of thioether (sulfide) groups is 1. The van der Waals surface area contributed by atoms with Crippen molar-refractivity contribution in [2.75, 3.05) is 12.3 Å². The molecule has 0 saturated carbocycles. The smallest absolute Gasteiger partial charge is 0.323 e. The average Bonchev–Trinajstić information content (AvgIpc) is 2.78. The fourth-order valence-corrected chi connectivity index (χ4v) is 2.77. The van der Waals surface area contributed by atoms with Crippen LogP contribution in [0, 0.1) is 6.92 Å². The molecule has 1 unspecified atom stereocenters. The maximum absolute atomic E-state index is 11.4. The van der Waals surface area contributed by atoms with Gasteiger partial charge in [0.1, 0.15) is 11.4 Å². The van der Waals surface area contributed by atoms with E-state index < -0.39 is 11.5 Å². The molecule has 6 nitrogen and oxygen atoms in total. The van der Waals surface area contributed by atoms with Crippen molar-refractivity contribution < 1.29 is 9.90 Å². The number of nitrogens with one attached hydrogen (secondary N) is 2. The van der Waals surface area contributed by atoms with Crippen LogP contribution >= 0.6 is 11.8 Å². The first kappa shape index (κ1) is 16.0. The topological polar surface area (TPSA) is 90.9 Å². The van der Waals surface area contributed by atoms with Crippen LogP contribution in [0.4, 0.5) is 0 Å². The number of likely N-dealkylation sites (N-methyl/N-ethyl adjacent to an activating group) is 1. The van der Waals surface area contributed by atoms with Crippen molar-refractivity contribution in [2.45, 2.75) is 50.7 Å². The Labute approximate surface area is 117 Å². The minimum Gasteiger partial charge on any atom is -0.480 e. The van der Waals surface area contributed by atoms with E-state index in [0.29, 0.717) is 19.4 Å². The van der Waals surface area contributed by atoms with E-state index in [4.69, 9.17) is 0 Å². The third-order valence-electron chi connectivity index (χ3n) is 3.08. The predicted molar refractivity (Wildman–Crippen MR) is 75.4 cm³/mol. The summed E-state index contributed by atoms with van der Waals surface area (Å²) in [6.07, 6.45) is 2.01. The Bertz CT molecular complexity index is 410. The van der Waals surface area contributed by atoms with Gasteiger partial charge in [0.2, 0.25) is 5.16 Å². The van der Waals surface area contributed by atoms with Crippen molar-refractivity contribution in [3.63, 3.8) is 0 Å². The standard InChI is InChI=1S/C12H22N4O2S/c1-4-12(10(17)18,13-5-2)7-6-8-19-11-14-9(3)15-16-11/h13H,4-8H2,1-3H3,(H,17,18)(H,14,15,16). The SMILES string of the molecule is CCNC(CC)(CCCSc1n[nH]c(C)n1)C(=O)O. The summed E-state index contributed by atoms with van der Waals surface area (Å²) < 4.78 is 0. The van der Waals surface area contributed by atoms with Crippen molar-refractivity contribution in [2.24, 2.45) is 0 Å². The van der Waals surface area contributed by atoms with Gasteiger partial charge in [-0.2, -0.15) is 0 Å². The second-order valence-corrected chi connectivity index (χ2v) is 5.49. The van der Waals surface area contributed by atoms with Gasteiger partial charge in [0.05, 0.1) is 0 Å². The van der Waals surface area contributed by atoms with Gasteiger partial charge < -0.3 is 10.4 Å². The average molecular weight is 286 g/mol. The van der Waals surface area contributed by atoms with Gasteiger partial charge in [0.15, 0.2) is 0 Å². The summed E-state index contributed by atoms with van der Waals surface area (Å²) in [5.41, 5.74) is -0.801. The molecule has 0 aromatic carbocycles. The van der Waals surface area contributed by atoms with Crippen LogP contribution in [0.1, 0.15) is 38.9 Å². The van der Waals surface area contributed by atoms with E-state index in [9.17, 15) is 9.90 Å². The van der Waals surface area contributed by atoms with Gasteiger partial charge in [-0.3, -0.25) is 9.89 Å². The number of nitrogens with zero attached hydrogens (tertiary/aromatic N) is 2. The molecule has 1 aromatic rings. The fraction of sp³-hybridized carbons (Fsp3) is 0.750. The highest BCUT2D eigenvalue weighted by molar-refractivity contribution is 7.99. The third kappa shape index (κ3) is 4.50. The van der Waals surface area contributed by atoms with E-state index in [2.05, 4.69) is 20.5 Å². The van der Waals surface area contributed by atoms with E-state index in [-0.39, 0.29) is 0 Å². The van der Waals surface area contributed by atoms with Gasteiger partial charge in [-0.15, -0.1) is 5.10 Å². The first-order chi connectivity index (χ1) is 9.04.